The third-order valence-electron chi connectivity index (χ3n) is 4.94. The van der Waals surface area contributed by atoms with Crippen LogP contribution in [0.5, 0.6) is 11.5 Å². The third-order valence-corrected chi connectivity index (χ3v) is 6.83. The van der Waals surface area contributed by atoms with Crippen molar-refractivity contribution in [2.24, 2.45) is 0 Å². The van der Waals surface area contributed by atoms with Crippen LogP contribution in [0.15, 0.2) is 60.0 Å². The lowest BCUT2D eigenvalue weighted by Crippen LogP contribution is -2.35. The fraction of sp³-hybridized carbons (Fsp3) is 0.348. The summed E-state index contributed by atoms with van der Waals surface area (Å²) in [5, 5.41) is 2.79. The minimum Gasteiger partial charge on any atom is -0.492 e. The molecule has 3 rings (SSSR count). The van der Waals surface area contributed by atoms with E-state index in [2.05, 4.69) is 11.9 Å². The molecule has 8 heteroatoms. The van der Waals surface area contributed by atoms with Crippen LogP contribution in [0, 0.1) is 0 Å². The van der Waals surface area contributed by atoms with Crippen LogP contribution in [0.4, 0.5) is 5.69 Å². The first-order chi connectivity index (χ1) is 15.0. The van der Waals surface area contributed by atoms with Crippen molar-refractivity contribution >= 4 is 21.6 Å². The molecule has 1 N–H and O–H groups in total. The van der Waals surface area contributed by atoms with Gasteiger partial charge in [0.15, 0.2) is 0 Å². The van der Waals surface area contributed by atoms with Crippen molar-refractivity contribution in [3.05, 3.63) is 60.7 Å². The quantitative estimate of drug-likeness (QED) is 0.589. The lowest BCUT2D eigenvalue weighted by Gasteiger charge is -2.26. The van der Waals surface area contributed by atoms with Crippen molar-refractivity contribution < 1.29 is 22.7 Å². The first kappa shape index (κ1) is 22.8. The highest BCUT2D eigenvalue weighted by Gasteiger charge is 2.27. The second-order valence-electron chi connectivity index (χ2n) is 7.13. The molecular weight excluding hydrogens is 416 g/mol. The zero-order chi connectivity index (χ0) is 22.3. The van der Waals surface area contributed by atoms with Crippen LogP contribution in [0.1, 0.15) is 36.5 Å². The number of hydrogen-bond donors (Lipinski definition) is 1. The molecule has 1 heterocycles. The van der Waals surface area contributed by atoms with Gasteiger partial charge in [-0.25, -0.2) is 8.42 Å². The number of sulfonamides is 1. The molecule has 7 nitrogen and oxygen atoms in total. The van der Waals surface area contributed by atoms with Crippen LogP contribution in [-0.2, 0) is 10.0 Å². The van der Waals surface area contributed by atoms with Crippen LogP contribution < -0.4 is 14.8 Å². The Hall–Kier alpha value is -2.84. The summed E-state index contributed by atoms with van der Waals surface area (Å²) in [5.41, 5.74) is 0.731. The largest absolute Gasteiger partial charge is 0.492 e. The maximum Gasteiger partial charge on any atom is 0.255 e. The van der Waals surface area contributed by atoms with Crippen LogP contribution >= 0.6 is 0 Å². The number of nitrogens with one attached hydrogen (secondary N) is 1. The fourth-order valence-electron chi connectivity index (χ4n) is 3.36. The highest BCUT2D eigenvalue weighted by molar-refractivity contribution is 7.89. The van der Waals surface area contributed by atoms with E-state index in [4.69, 9.17) is 9.47 Å². The van der Waals surface area contributed by atoms with Gasteiger partial charge in [-0.3, -0.25) is 4.79 Å². The number of ether oxygens (including phenoxy) is 2. The van der Waals surface area contributed by atoms with Gasteiger partial charge in [-0.2, -0.15) is 4.31 Å². The van der Waals surface area contributed by atoms with E-state index in [1.807, 2.05) is 6.92 Å². The highest BCUT2D eigenvalue weighted by atomic mass is 32.2. The second kappa shape index (κ2) is 10.5. The smallest absolute Gasteiger partial charge is 0.255 e. The molecule has 0 unspecified atom stereocenters. The molecule has 1 aliphatic rings. The van der Waals surface area contributed by atoms with E-state index in [0.29, 0.717) is 49.1 Å². The van der Waals surface area contributed by atoms with Crippen LogP contribution in [0.25, 0.3) is 0 Å². The summed E-state index contributed by atoms with van der Waals surface area (Å²) < 4.78 is 38.6. The number of piperidine rings is 1. The number of anilines is 1. The average molecular weight is 445 g/mol. The van der Waals surface area contributed by atoms with E-state index in [-0.39, 0.29) is 10.8 Å². The third kappa shape index (κ3) is 5.65. The Bertz CT molecular complexity index is 1010. The predicted molar refractivity (Wildman–Crippen MR) is 120 cm³/mol. The first-order valence-corrected chi connectivity index (χ1v) is 11.8. The van der Waals surface area contributed by atoms with Gasteiger partial charge in [-0.05, 0) is 62.2 Å². The van der Waals surface area contributed by atoms with Crippen molar-refractivity contribution in [1.82, 2.24) is 4.31 Å². The highest BCUT2D eigenvalue weighted by Crippen LogP contribution is 2.30. The lowest BCUT2D eigenvalue weighted by atomic mass is 10.2. The maximum atomic E-state index is 13.0. The number of carbonyl (C=O) groups is 1. The molecule has 1 aliphatic heterocycles. The zero-order valence-electron chi connectivity index (χ0n) is 17.7. The Balaban J connectivity index is 1.83. The molecule has 0 spiro atoms. The minimum absolute atomic E-state index is 0.140. The lowest BCUT2D eigenvalue weighted by molar-refractivity contribution is 0.102. The molecular formula is C23H28N2O5S. The van der Waals surface area contributed by atoms with Crippen molar-refractivity contribution in [2.45, 2.75) is 31.1 Å². The molecule has 0 atom stereocenters. The van der Waals surface area contributed by atoms with Gasteiger partial charge in [0.25, 0.3) is 5.91 Å². The Morgan fingerprint density at radius 3 is 2.45 bits per heavy atom. The van der Waals surface area contributed by atoms with Crippen molar-refractivity contribution in [3.63, 3.8) is 0 Å². The van der Waals surface area contributed by atoms with Gasteiger partial charge >= 0.3 is 0 Å². The monoisotopic (exact) mass is 444 g/mol. The summed E-state index contributed by atoms with van der Waals surface area (Å²) in [6, 6.07) is 11.2. The molecule has 1 amide bonds. The Kier molecular flexibility index (Phi) is 7.70. The summed E-state index contributed by atoms with van der Waals surface area (Å²) in [6.45, 7) is 7.21. The van der Waals surface area contributed by atoms with E-state index >= 15 is 0 Å². The normalized spacial score (nSPS) is 14.6. The number of amides is 1. The molecule has 31 heavy (non-hydrogen) atoms. The van der Waals surface area contributed by atoms with E-state index < -0.39 is 10.0 Å². The van der Waals surface area contributed by atoms with E-state index in [1.54, 1.807) is 36.4 Å². The summed E-state index contributed by atoms with van der Waals surface area (Å²) in [5.74, 6) is 0.671. The van der Waals surface area contributed by atoms with Crippen molar-refractivity contribution in [3.8, 4) is 11.5 Å². The van der Waals surface area contributed by atoms with Gasteiger partial charge in [-0.1, -0.05) is 19.1 Å². The van der Waals surface area contributed by atoms with Crippen molar-refractivity contribution in [2.75, 3.05) is 31.6 Å². The van der Waals surface area contributed by atoms with Gasteiger partial charge in [0, 0.05) is 18.7 Å². The summed E-state index contributed by atoms with van der Waals surface area (Å²) in [7, 11) is -3.63. The molecule has 0 aromatic heterocycles. The molecule has 0 radical (unpaired) electrons. The summed E-state index contributed by atoms with van der Waals surface area (Å²) >= 11 is 0. The molecule has 1 saturated heterocycles. The molecule has 2 aromatic rings. The average Bonchev–Trinajstić information content (AvgIpc) is 2.79. The molecule has 0 aliphatic carbocycles. The van der Waals surface area contributed by atoms with Gasteiger partial charge in [0.1, 0.15) is 18.1 Å². The number of carbonyl (C=O) groups excluding carboxylic acids is 1. The van der Waals surface area contributed by atoms with E-state index in [0.717, 1.165) is 19.3 Å². The molecule has 166 valence electrons. The number of nitrogens with zero attached hydrogens (tertiary/aromatic N) is 1. The summed E-state index contributed by atoms with van der Waals surface area (Å²) in [6.07, 6.45) is 4.38. The zero-order valence-corrected chi connectivity index (χ0v) is 18.5. The molecule has 2 aromatic carbocycles. The topological polar surface area (TPSA) is 84.9 Å². The Labute approximate surface area is 183 Å². The fourth-order valence-corrected chi connectivity index (χ4v) is 4.90. The number of hydrogen-bond acceptors (Lipinski definition) is 5. The first-order valence-electron chi connectivity index (χ1n) is 10.4. The van der Waals surface area contributed by atoms with Gasteiger partial charge in [-0.15, -0.1) is 0 Å². The van der Waals surface area contributed by atoms with Gasteiger partial charge in [0.2, 0.25) is 10.0 Å². The Morgan fingerprint density at radius 2 is 1.81 bits per heavy atom. The van der Waals surface area contributed by atoms with Crippen LogP contribution in [-0.4, -0.2) is 44.9 Å². The predicted octanol–water partition coefficient (Wildman–Crippen LogP) is 4.08. The van der Waals surface area contributed by atoms with Gasteiger partial charge in [0.05, 0.1) is 17.2 Å². The second-order valence-corrected chi connectivity index (χ2v) is 9.07. The van der Waals surface area contributed by atoms with E-state index in [1.165, 1.54) is 16.4 Å². The Morgan fingerprint density at radius 1 is 1.10 bits per heavy atom. The maximum absolute atomic E-state index is 13.0. The standard InChI is InChI=1S/C23H28N2O5S/c1-3-16-30-19-10-8-18(9-11-19)23(26)24-21-17-20(12-13-22(21)29-4-2)31(27,28)25-14-6-5-7-15-25/h3,8-13,17H,1,4-7,14-16H2,2H3,(H,24,26). The SMILES string of the molecule is C=CCOc1ccc(C(=O)Nc2cc(S(=O)(=O)N3CCCCC3)ccc2OCC)cc1. The van der Waals surface area contributed by atoms with Crippen molar-refractivity contribution in [1.29, 1.82) is 0 Å². The number of rotatable bonds is 9. The van der Waals surface area contributed by atoms with Crippen LogP contribution in [0.3, 0.4) is 0 Å². The van der Waals surface area contributed by atoms with Gasteiger partial charge < -0.3 is 14.8 Å². The molecule has 1 fully saturated rings. The summed E-state index contributed by atoms with van der Waals surface area (Å²) in [4.78, 5) is 12.9. The van der Waals surface area contributed by atoms with E-state index in [9.17, 15) is 13.2 Å². The number of benzene rings is 2. The minimum atomic E-state index is -3.63. The molecule has 0 bridgehead atoms. The molecule has 0 saturated carbocycles. The van der Waals surface area contributed by atoms with Crippen LogP contribution in [0.2, 0.25) is 0 Å².